The van der Waals surface area contributed by atoms with Crippen molar-refractivity contribution >= 4 is 29.9 Å². The molecule has 7 heteroatoms. The van der Waals surface area contributed by atoms with Gasteiger partial charge in [-0.1, -0.05) is 6.42 Å². The third-order valence-corrected chi connectivity index (χ3v) is 6.22. The first-order chi connectivity index (χ1) is 11.2. The maximum Gasteiger partial charge on any atom is 0.315 e. The van der Waals surface area contributed by atoms with Crippen molar-refractivity contribution in [2.75, 3.05) is 12.3 Å². The lowest BCUT2D eigenvalue weighted by Crippen LogP contribution is -2.36. The van der Waals surface area contributed by atoms with Gasteiger partial charge in [0, 0.05) is 36.3 Å². The van der Waals surface area contributed by atoms with Gasteiger partial charge >= 0.3 is 6.03 Å². The maximum atomic E-state index is 12.1. The quantitative estimate of drug-likeness (QED) is 0.298. The van der Waals surface area contributed by atoms with Crippen molar-refractivity contribution in [3.63, 3.8) is 0 Å². The molecule has 0 aromatic heterocycles. The van der Waals surface area contributed by atoms with Crippen LogP contribution in [0, 0.1) is 5.92 Å². The molecule has 4 N–H and O–H groups in total. The molecule has 0 radical (unpaired) electrons. The van der Waals surface area contributed by atoms with Crippen LogP contribution >= 0.6 is 11.8 Å². The van der Waals surface area contributed by atoms with E-state index in [0.717, 1.165) is 37.7 Å². The molecule has 2 aliphatic rings. The van der Waals surface area contributed by atoms with E-state index in [1.54, 1.807) is 0 Å². The standard InChI is InChI=1S/C16H27N3O3S/c17-9-11(5-3-4-8-20)13(21)6-1-2-7-14-15-12(10-23-14)18-16(22)19-15/h8,11-12,14-15H,1-7,9-10,17H2,(H2,18,19,22)/t11?,12-,14-,15-/m0/s1. The Balaban J connectivity index is 1.61. The molecule has 2 fully saturated rings. The second-order valence-corrected chi connectivity index (χ2v) is 7.64. The van der Waals surface area contributed by atoms with Crippen LogP contribution in [0.5, 0.6) is 0 Å². The van der Waals surface area contributed by atoms with Gasteiger partial charge in [0.05, 0.1) is 12.1 Å². The fourth-order valence-corrected chi connectivity index (χ4v) is 4.89. The van der Waals surface area contributed by atoms with Crippen molar-refractivity contribution in [3.8, 4) is 0 Å². The molecular formula is C16H27N3O3S. The largest absolute Gasteiger partial charge is 0.332 e. The van der Waals surface area contributed by atoms with Crippen LogP contribution < -0.4 is 16.4 Å². The average molecular weight is 341 g/mol. The molecule has 0 saturated carbocycles. The van der Waals surface area contributed by atoms with Crippen LogP contribution in [0.2, 0.25) is 0 Å². The van der Waals surface area contributed by atoms with Crippen molar-refractivity contribution in [2.45, 2.75) is 62.3 Å². The van der Waals surface area contributed by atoms with E-state index in [1.807, 2.05) is 11.8 Å². The lowest BCUT2D eigenvalue weighted by molar-refractivity contribution is -0.123. The predicted molar refractivity (Wildman–Crippen MR) is 91.4 cm³/mol. The van der Waals surface area contributed by atoms with Crippen LogP contribution in [0.15, 0.2) is 0 Å². The summed E-state index contributed by atoms with van der Waals surface area (Å²) < 4.78 is 0. The van der Waals surface area contributed by atoms with Gasteiger partial charge in [0.15, 0.2) is 0 Å². The third kappa shape index (κ3) is 5.21. The van der Waals surface area contributed by atoms with E-state index in [9.17, 15) is 14.4 Å². The zero-order valence-corrected chi connectivity index (χ0v) is 14.3. The van der Waals surface area contributed by atoms with E-state index in [0.29, 0.717) is 31.1 Å². The van der Waals surface area contributed by atoms with E-state index in [2.05, 4.69) is 10.6 Å². The Morgan fingerprint density at radius 2 is 2.17 bits per heavy atom. The van der Waals surface area contributed by atoms with Gasteiger partial charge in [0.1, 0.15) is 12.1 Å². The smallest absolute Gasteiger partial charge is 0.315 e. The molecule has 23 heavy (non-hydrogen) atoms. The minimum atomic E-state index is -0.0986. The first-order valence-corrected chi connectivity index (χ1v) is 9.55. The minimum Gasteiger partial charge on any atom is -0.332 e. The predicted octanol–water partition coefficient (Wildman–Crippen LogP) is 1.23. The van der Waals surface area contributed by atoms with E-state index >= 15 is 0 Å². The van der Waals surface area contributed by atoms with Crippen LogP contribution in [0.4, 0.5) is 4.79 Å². The van der Waals surface area contributed by atoms with E-state index in [1.165, 1.54) is 0 Å². The van der Waals surface area contributed by atoms with Gasteiger partial charge in [0.25, 0.3) is 0 Å². The number of amides is 2. The van der Waals surface area contributed by atoms with Crippen LogP contribution in [-0.2, 0) is 9.59 Å². The van der Waals surface area contributed by atoms with E-state index in [-0.39, 0.29) is 29.8 Å². The van der Waals surface area contributed by atoms with Crippen LogP contribution in [0.1, 0.15) is 44.9 Å². The summed E-state index contributed by atoms with van der Waals surface area (Å²) in [6, 6.07) is 0.448. The normalized spacial score (nSPS) is 27.2. The van der Waals surface area contributed by atoms with Crippen molar-refractivity contribution in [2.24, 2.45) is 11.7 Å². The first kappa shape index (κ1) is 18.3. The Morgan fingerprint density at radius 1 is 1.35 bits per heavy atom. The first-order valence-electron chi connectivity index (χ1n) is 8.50. The summed E-state index contributed by atoms with van der Waals surface area (Å²) in [5, 5.41) is 6.38. The zero-order valence-electron chi connectivity index (χ0n) is 13.5. The number of thioether (sulfide) groups is 1. The number of unbranched alkanes of at least 4 members (excludes halogenated alkanes) is 2. The molecule has 2 rings (SSSR count). The Bertz CT molecular complexity index is 433. The molecule has 1 unspecified atom stereocenters. The highest BCUT2D eigenvalue weighted by Gasteiger charge is 2.42. The van der Waals surface area contributed by atoms with Crippen molar-refractivity contribution in [1.29, 1.82) is 0 Å². The number of nitrogens with one attached hydrogen (secondary N) is 2. The number of Topliss-reactive ketones (excluding diaryl/α,β-unsaturated/α-hetero) is 1. The number of hydrogen-bond acceptors (Lipinski definition) is 5. The van der Waals surface area contributed by atoms with Crippen LogP contribution in [0.3, 0.4) is 0 Å². The zero-order chi connectivity index (χ0) is 16.7. The van der Waals surface area contributed by atoms with Gasteiger partial charge in [-0.2, -0.15) is 11.8 Å². The summed E-state index contributed by atoms with van der Waals surface area (Å²) >= 11 is 1.90. The van der Waals surface area contributed by atoms with Crippen molar-refractivity contribution < 1.29 is 14.4 Å². The SMILES string of the molecule is NCC(CCCC=O)C(=O)CCCC[C@@H]1SC[C@@H]2NC(=O)N[C@@H]21. The summed E-state index contributed by atoms with van der Waals surface area (Å²) in [5.41, 5.74) is 5.67. The number of nitrogens with two attached hydrogens (primary N) is 1. The number of urea groups is 1. The summed E-state index contributed by atoms with van der Waals surface area (Å²) in [4.78, 5) is 33.8. The van der Waals surface area contributed by atoms with Gasteiger partial charge < -0.3 is 21.2 Å². The number of fused-ring (bicyclic) bond motifs is 1. The fourth-order valence-electron chi connectivity index (χ4n) is 3.35. The molecule has 0 aromatic rings. The fraction of sp³-hybridized carbons (Fsp3) is 0.812. The molecule has 2 heterocycles. The topological polar surface area (TPSA) is 101 Å². The number of hydrogen-bond donors (Lipinski definition) is 3. The highest BCUT2D eigenvalue weighted by molar-refractivity contribution is 8.00. The van der Waals surface area contributed by atoms with Gasteiger partial charge in [-0.15, -0.1) is 0 Å². The van der Waals surface area contributed by atoms with Gasteiger partial charge in [-0.3, -0.25) is 4.79 Å². The van der Waals surface area contributed by atoms with Crippen LogP contribution in [0.25, 0.3) is 0 Å². The van der Waals surface area contributed by atoms with E-state index < -0.39 is 0 Å². The van der Waals surface area contributed by atoms with Gasteiger partial charge in [-0.05, 0) is 25.7 Å². The number of carbonyl (C=O) groups is 3. The highest BCUT2D eigenvalue weighted by atomic mass is 32.2. The Hall–Kier alpha value is -1.08. The van der Waals surface area contributed by atoms with E-state index in [4.69, 9.17) is 5.73 Å². The monoisotopic (exact) mass is 341 g/mol. The second-order valence-electron chi connectivity index (χ2n) is 6.36. The number of carbonyl (C=O) groups excluding carboxylic acids is 3. The number of rotatable bonds is 11. The molecule has 4 atom stereocenters. The lowest BCUT2D eigenvalue weighted by Gasteiger charge is -2.17. The van der Waals surface area contributed by atoms with Crippen LogP contribution in [-0.4, -0.2) is 47.7 Å². The highest BCUT2D eigenvalue weighted by Crippen LogP contribution is 2.33. The molecule has 6 nitrogen and oxygen atoms in total. The molecule has 2 aliphatic heterocycles. The maximum absolute atomic E-state index is 12.1. The lowest BCUT2D eigenvalue weighted by atomic mass is 9.93. The molecule has 2 amide bonds. The molecule has 0 aromatic carbocycles. The van der Waals surface area contributed by atoms with Gasteiger partial charge in [0.2, 0.25) is 0 Å². The Labute approximate surface area is 141 Å². The minimum absolute atomic E-state index is 0.0541. The number of aldehydes is 1. The third-order valence-electron chi connectivity index (χ3n) is 4.71. The molecular weight excluding hydrogens is 314 g/mol. The van der Waals surface area contributed by atoms with Gasteiger partial charge in [-0.25, -0.2) is 4.79 Å². The molecule has 130 valence electrons. The Morgan fingerprint density at radius 3 is 2.91 bits per heavy atom. The summed E-state index contributed by atoms with van der Waals surface area (Å²) in [7, 11) is 0. The van der Waals surface area contributed by atoms with Crippen molar-refractivity contribution in [1.82, 2.24) is 10.6 Å². The Kier molecular flexibility index (Phi) is 7.36. The summed E-state index contributed by atoms with van der Waals surface area (Å²) in [5.74, 6) is 1.10. The summed E-state index contributed by atoms with van der Waals surface area (Å²) in [6.07, 6.45) is 6.32. The summed E-state index contributed by atoms with van der Waals surface area (Å²) in [6.45, 7) is 0.373. The molecule has 0 aliphatic carbocycles. The molecule has 2 saturated heterocycles. The van der Waals surface area contributed by atoms with Crippen molar-refractivity contribution in [3.05, 3.63) is 0 Å². The average Bonchev–Trinajstić information content (AvgIpc) is 3.07. The molecule has 0 spiro atoms. The molecule has 0 bridgehead atoms. The number of ketones is 1. The second kappa shape index (κ2) is 9.27.